The van der Waals surface area contributed by atoms with E-state index in [0.717, 1.165) is 64.2 Å². The van der Waals surface area contributed by atoms with E-state index in [2.05, 4.69) is 98.9 Å². The van der Waals surface area contributed by atoms with Gasteiger partial charge in [0.05, 0.1) is 27.7 Å². The molecule has 0 aliphatic carbocycles. The fourth-order valence-corrected chi connectivity index (χ4v) is 5.93. The predicted molar refractivity (Wildman–Crippen MR) is 242 cm³/mol. The summed E-state index contributed by atoms with van der Waals surface area (Å²) in [6.45, 7) is 4.15. The number of hydrogen-bond donors (Lipinski definition) is 1. The Kier molecular flexibility index (Phi) is 37.3. The number of phosphoric acid groups is 1. The second kappa shape index (κ2) is 39.4. The van der Waals surface area contributed by atoms with Crippen LogP contribution in [0.5, 0.6) is 0 Å². The Morgan fingerprint density at radius 3 is 1.53 bits per heavy atom. The van der Waals surface area contributed by atoms with Gasteiger partial charge in [-0.1, -0.05) is 143 Å². The average Bonchev–Trinajstić information content (AvgIpc) is 3.17. The van der Waals surface area contributed by atoms with Gasteiger partial charge in [0, 0.05) is 12.8 Å². The molecular weight excluding hydrogens is 750 g/mol. The molecule has 0 spiro atoms. The number of esters is 2. The minimum absolute atomic E-state index is 0.00978. The van der Waals surface area contributed by atoms with Gasteiger partial charge < -0.3 is 18.9 Å². The van der Waals surface area contributed by atoms with Crippen molar-refractivity contribution in [1.29, 1.82) is 0 Å². The van der Waals surface area contributed by atoms with E-state index in [1.807, 2.05) is 33.3 Å². The van der Waals surface area contributed by atoms with Crippen molar-refractivity contribution in [2.45, 2.75) is 148 Å². The summed E-state index contributed by atoms with van der Waals surface area (Å²) < 4.78 is 34.1. The maximum absolute atomic E-state index is 12.6. The molecule has 9 nitrogen and oxygen atoms in total. The highest BCUT2D eigenvalue weighted by molar-refractivity contribution is 7.47. The molecule has 10 heteroatoms. The molecule has 0 saturated carbocycles. The van der Waals surface area contributed by atoms with Crippen LogP contribution in [-0.2, 0) is 32.7 Å². The van der Waals surface area contributed by atoms with E-state index >= 15 is 0 Å². The minimum Gasteiger partial charge on any atom is -0.462 e. The molecule has 0 aromatic rings. The highest BCUT2D eigenvalue weighted by atomic mass is 31.2. The van der Waals surface area contributed by atoms with Gasteiger partial charge in [-0.15, -0.1) is 0 Å². The number of quaternary nitrogens is 1. The van der Waals surface area contributed by atoms with Crippen molar-refractivity contribution < 1.29 is 42.1 Å². The van der Waals surface area contributed by atoms with E-state index in [0.29, 0.717) is 23.9 Å². The molecule has 1 N–H and O–H groups in total. The largest absolute Gasteiger partial charge is 0.472 e. The third-order valence-corrected chi connectivity index (χ3v) is 9.60. The standard InChI is InChI=1S/C48H80NO8P/c1-6-8-10-12-14-16-18-20-21-22-23-24-25-26-27-29-30-32-34-36-38-40-47(50)54-44-46(45-56-58(52,53)55-43-42-49(3,4)5)57-48(51)41-39-37-35-33-31-28-19-17-15-13-11-9-7-2/h8,10,14,16,20-21,23-24,26-28,30-32,35,37,46H,6-7,9,11-13,15,17-19,22,25,29,33-34,36,38-45H2,1-5H3/p+1/b10-8+,16-14+,21-20+,24-23+,27-26+,31-28+,32-30+,37-35+. The highest BCUT2D eigenvalue weighted by Crippen LogP contribution is 2.43. The van der Waals surface area contributed by atoms with Gasteiger partial charge >= 0.3 is 19.8 Å². The summed E-state index contributed by atoms with van der Waals surface area (Å²) in [6, 6.07) is 0. The molecule has 0 rings (SSSR count). The monoisotopic (exact) mass is 831 g/mol. The first-order chi connectivity index (χ1) is 28.0. The van der Waals surface area contributed by atoms with E-state index in [1.165, 1.54) is 38.5 Å². The third kappa shape index (κ3) is 42.5. The topological polar surface area (TPSA) is 108 Å². The number of allylic oxidation sites excluding steroid dienone is 16. The van der Waals surface area contributed by atoms with Gasteiger partial charge in [-0.3, -0.25) is 18.6 Å². The first-order valence-electron chi connectivity index (χ1n) is 22.0. The molecule has 2 atom stereocenters. The number of hydrogen-bond acceptors (Lipinski definition) is 7. The van der Waals surface area contributed by atoms with Crippen molar-refractivity contribution >= 4 is 19.8 Å². The molecule has 0 fully saturated rings. The zero-order valence-corrected chi connectivity index (χ0v) is 37.9. The van der Waals surface area contributed by atoms with Gasteiger partial charge in [-0.25, -0.2) is 4.57 Å². The summed E-state index contributed by atoms with van der Waals surface area (Å²) in [4.78, 5) is 35.3. The van der Waals surface area contributed by atoms with E-state index in [4.69, 9.17) is 18.5 Å². The molecule has 0 saturated heterocycles. The molecule has 2 unspecified atom stereocenters. The summed E-state index contributed by atoms with van der Waals surface area (Å²) >= 11 is 0. The summed E-state index contributed by atoms with van der Waals surface area (Å²) in [5, 5.41) is 0. The van der Waals surface area contributed by atoms with Crippen molar-refractivity contribution in [1.82, 2.24) is 0 Å². The van der Waals surface area contributed by atoms with Crippen LogP contribution in [0.1, 0.15) is 142 Å². The van der Waals surface area contributed by atoms with Gasteiger partial charge in [0.15, 0.2) is 6.10 Å². The Labute approximate surface area is 353 Å². The molecule has 330 valence electrons. The van der Waals surface area contributed by atoms with Gasteiger partial charge in [-0.2, -0.15) is 0 Å². The van der Waals surface area contributed by atoms with E-state index in [9.17, 15) is 19.0 Å². The second-order valence-corrected chi connectivity index (χ2v) is 16.8. The van der Waals surface area contributed by atoms with Crippen LogP contribution >= 0.6 is 7.82 Å². The van der Waals surface area contributed by atoms with Crippen LogP contribution in [0.2, 0.25) is 0 Å². The van der Waals surface area contributed by atoms with Crippen molar-refractivity contribution in [2.75, 3.05) is 47.5 Å². The fraction of sp³-hybridized carbons (Fsp3) is 0.625. The third-order valence-electron chi connectivity index (χ3n) is 8.61. The molecule has 0 aliphatic heterocycles. The first kappa shape index (κ1) is 54.9. The summed E-state index contributed by atoms with van der Waals surface area (Å²) in [5.74, 6) is -0.939. The molecule has 0 heterocycles. The lowest BCUT2D eigenvalue weighted by Gasteiger charge is -2.24. The lowest BCUT2D eigenvalue weighted by atomic mass is 10.1. The van der Waals surface area contributed by atoms with E-state index in [1.54, 1.807) is 0 Å². The molecule has 0 aliphatic rings. The highest BCUT2D eigenvalue weighted by Gasteiger charge is 2.27. The molecule has 0 aromatic heterocycles. The number of likely N-dealkylation sites (N-methyl/N-ethyl adjacent to an activating group) is 1. The number of carbonyl (C=O) groups excluding carboxylic acids is 2. The Morgan fingerprint density at radius 2 is 1.02 bits per heavy atom. The number of phosphoric ester groups is 1. The van der Waals surface area contributed by atoms with Crippen LogP contribution in [0.25, 0.3) is 0 Å². The van der Waals surface area contributed by atoms with Crippen LogP contribution < -0.4 is 0 Å². The Hall–Kier alpha value is -3.07. The average molecular weight is 831 g/mol. The molecule has 0 amide bonds. The maximum atomic E-state index is 12.6. The van der Waals surface area contributed by atoms with Crippen LogP contribution in [0, 0.1) is 0 Å². The number of nitrogens with zero attached hydrogens (tertiary/aromatic N) is 1. The maximum Gasteiger partial charge on any atom is 0.472 e. The van der Waals surface area contributed by atoms with Crippen molar-refractivity contribution in [3.05, 3.63) is 97.2 Å². The number of ether oxygens (including phenoxy) is 2. The molecule has 0 bridgehead atoms. The summed E-state index contributed by atoms with van der Waals surface area (Å²) in [6.07, 6.45) is 51.9. The van der Waals surface area contributed by atoms with Crippen molar-refractivity contribution in [3.8, 4) is 0 Å². The number of unbranched alkanes of at least 4 members (excludes halogenated alkanes) is 8. The van der Waals surface area contributed by atoms with Gasteiger partial charge in [0.25, 0.3) is 0 Å². The molecule has 0 aromatic carbocycles. The summed E-state index contributed by atoms with van der Waals surface area (Å²) in [7, 11) is 1.40. The molecule has 58 heavy (non-hydrogen) atoms. The lowest BCUT2D eigenvalue weighted by molar-refractivity contribution is -0.870. The van der Waals surface area contributed by atoms with Gasteiger partial charge in [0.2, 0.25) is 0 Å². The predicted octanol–water partition coefficient (Wildman–Crippen LogP) is 12.6. The zero-order chi connectivity index (χ0) is 42.8. The molecular formula is C48H81NO8P+. The van der Waals surface area contributed by atoms with Crippen LogP contribution in [0.15, 0.2) is 97.2 Å². The van der Waals surface area contributed by atoms with E-state index < -0.39 is 32.5 Å². The minimum atomic E-state index is -4.40. The van der Waals surface area contributed by atoms with E-state index in [-0.39, 0.29) is 26.1 Å². The van der Waals surface area contributed by atoms with Crippen molar-refractivity contribution in [2.24, 2.45) is 0 Å². The fourth-order valence-electron chi connectivity index (χ4n) is 5.19. The Morgan fingerprint density at radius 1 is 0.552 bits per heavy atom. The van der Waals surface area contributed by atoms with Crippen LogP contribution in [0.3, 0.4) is 0 Å². The van der Waals surface area contributed by atoms with Gasteiger partial charge in [0.1, 0.15) is 19.8 Å². The van der Waals surface area contributed by atoms with Crippen molar-refractivity contribution in [3.63, 3.8) is 0 Å². The molecule has 0 radical (unpaired) electrons. The first-order valence-corrected chi connectivity index (χ1v) is 23.5. The van der Waals surface area contributed by atoms with Crippen LogP contribution in [-0.4, -0.2) is 74.9 Å². The SMILES string of the molecule is CC/C=C/C/C=C/C/C=C/C/C=C/C/C=C/C/C=C/CCCCC(=O)OCC(COP(=O)(O)OCC[N+](C)(C)C)OC(=O)CC/C=C/C/C=C/CCCCCCCC. The lowest BCUT2D eigenvalue weighted by Crippen LogP contribution is -2.37. The van der Waals surface area contributed by atoms with Crippen LogP contribution in [0.4, 0.5) is 0 Å². The van der Waals surface area contributed by atoms with Gasteiger partial charge in [-0.05, 0) is 83.5 Å². The zero-order valence-electron chi connectivity index (χ0n) is 37.0. The normalized spacial score (nSPS) is 14.5. The number of rotatable bonds is 38. The quantitative estimate of drug-likeness (QED) is 0.0215. The summed E-state index contributed by atoms with van der Waals surface area (Å²) in [5.41, 5.74) is 0. The number of carbonyl (C=O) groups is 2. The smallest absolute Gasteiger partial charge is 0.462 e. The Bertz CT molecular complexity index is 1300. The Balaban J connectivity index is 4.51. The second-order valence-electron chi connectivity index (χ2n) is 15.3.